The Hall–Kier alpha value is -1.20. The molecule has 2 N–H and O–H groups in total. The fourth-order valence-corrected chi connectivity index (χ4v) is 3.87. The first-order chi connectivity index (χ1) is 14.5. The van der Waals surface area contributed by atoms with Crippen molar-refractivity contribution in [1.29, 1.82) is 0 Å². The van der Waals surface area contributed by atoms with Crippen molar-refractivity contribution >= 4 is 35.9 Å². The Balaban J connectivity index is 0.00000480. The van der Waals surface area contributed by atoms with Gasteiger partial charge in [0.25, 0.3) is 0 Å². The maximum absolute atomic E-state index is 4.77. The van der Waals surface area contributed by atoms with Crippen LogP contribution in [0.25, 0.3) is 0 Å². The van der Waals surface area contributed by atoms with Crippen molar-refractivity contribution in [3.63, 3.8) is 0 Å². The van der Waals surface area contributed by atoms with E-state index >= 15 is 0 Å². The number of halogens is 1. The normalized spacial score (nSPS) is 15.5. The van der Waals surface area contributed by atoms with E-state index in [1.807, 2.05) is 18.5 Å². The molecule has 0 aliphatic carbocycles. The van der Waals surface area contributed by atoms with Gasteiger partial charge in [-0.2, -0.15) is 0 Å². The van der Waals surface area contributed by atoms with Gasteiger partial charge in [0.2, 0.25) is 5.95 Å². The van der Waals surface area contributed by atoms with E-state index in [2.05, 4.69) is 69.9 Å². The van der Waals surface area contributed by atoms with Crippen molar-refractivity contribution in [3.05, 3.63) is 18.5 Å². The van der Waals surface area contributed by atoms with E-state index in [0.717, 1.165) is 77.2 Å². The van der Waals surface area contributed by atoms with Crippen LogP contribution >= 0.6 is 24.0 Å². The topological polar surface area (TPSA) is 71.9 Å². The van der Waals surface area contributed by atoms with Crippen molar-refractivity contribution in [2.24, 2.45) is 4.99 Å². The van der Waals surface area contributed by atoms with Gasteiger partial charge in [0.05, 0.1) is 0 Å². The van der Waals surface area contributed by atoms with Crippen LogP contribution in [0.4, 0.5) is 5.95 Å². The summed E-state index contributed by atoms with van der Waals surface area (Å²) < 4.78 is 0. The lowest BCUT2D eigenvalue weighted by Crippen LogP contribution is -2.47. The predicted molar refractivity (Wildman–Crippen MR) is 142 cm³/mol. The predicted octanol–water partition coefficient (Wildman–Crippen LogP) is 2.28. The molecule has 0 saturated carbocycles. The van der Waals surface area contributed by atoms with Gasteiger partial charge in [-0.3, -0.25) is 14.8 Å². The van der Waals surface area contributed by atoms with E-state index in [-0.39, 0.29) is 24.0 Å². The number of aliphatic imine (C=N–C) groups is 1. The maximum Gasteiger partial charge on any atom is 0.225 e. The molecule has 31 heavy (non-hydrogen) atoms. The number of nitrogens with zero attached hydrogens (tertiary/aromatic N) is 6. The number of hydrogen-bond donors (Lipinski definition) is 2. The molecule has 0 spiro atoms. The summed E-state index contributed by atoms with van der Waals surface area (Å²) in [6.07, 6.45) is 4.69. The van der Waals surface area contributed by atoms with E-state index in [0.29, 0.717) is 12.1 Å². The zero-order chi connectivity index (χ0) is 21.8. The van der Waals surface area contributed by atoms with Crippen LogP contribution in [0.15, 0.2) is 23.5 Å². The average molecular weight is 547 g/mol. The van der Waals surface area contributed by atoms with Crippen LogP contribution in [0.3, 0.4) is 0 Å². The zero-order valence-electron chi connectivity index (χ0n) is 20.0. The molecular formula is C22H43IN8. The minimum absolute atomic E-state index is 0. The molecule has 178 valence electrons. The Bertz CT molecular complexity index is 595. The summed E-state index contributed by atoms with van der Waals surface area (Å²) in [5.41, 5.74) is 0. The lowest BCUT2D eigenvalue weighted by Gasteiger charge is -2.34. The lowest BCUT2D eigenvalue weighted by atomic mass is 10.2. The van der Waals surface area contributed by atoms with Gasteiger partial charge >= 0.3 is 0 Å². The Labute approximate surface area is 206 Å². The van der Waals surface area contributed by atoms with Crippen molar-refractivity contribution in [3.8, 4) is 0 Å². The minimum Gasteiger partial charge on any atom is -0.357 e. The van der Waals surface area contributed by atoms with Gasteiger partial charge in [0, 0.05) is 83.4 Å². The van der Waals surface area contributed by atoms with Crippen LogP contribution in [-0.2, 0) is 0 Å². The van der Waals surface area contributed by atoms with Gasteiger partial charge in [-0.15, -0.1) is 24.0 Å². The second-order valence-corrected chi connectivity index (χ2v) is 8.34. The van der Waals surface area contributed by atoms with Crippen molar-refractivity contribution in [2.45, 2.75) is 53.1 Å². The highest BCUT2D eigenvalue weighted by atomic mass is 127. The van der Waals surface area contributed by atoms with Crippen molar-refractivity contribution in [1.82, 2.24) is 30.4 Å². The summed E-state index contributed by atoms with van der Waals surface area (Å²) in [6.45, 7) is 20.0. The summed E-state index contributed by atoms with van der Waals surface area (Å²) in [7, 11) is 0. The molecule has 1 saturated heterocycles. The van der Waals surface area contributed by atoms with Gasteiger partial charge in [-0.05, 0) is 47.1 Å². The molecule has 0 atom stereocenters. The van der Waals surface area contributed by atoms with Gasteiger partial charge in [0.15, 0.2) is 5.96 Å². The largest absolute Gasteiger partial charge is 0.357 e. The van der Waals surface area contributed by atoms with Crippen LogP contribution < -0.4 is 15.5 Å². The molecule has 0 aromatic carbocycles. The number of anilines is 1. The SMILES string of the molecule is CCNC(=NCCCN1CCN(c2ncccn2)CC1)NCCN(C(C)C)C(C)C.I. The third-order valence-electron chi connectivity index (χ3n) is 5.44. The molecule has 1 aliphatic heterocycles. The molecule has 9 heteroatoms. The third kappa shape index (κ3) is 10.3. The van der Waals surface area contributed by atoms with Crippen molar-refractivity contribution < 1.29 is 0 Å². The molecule has 2 rings (SSSR count). The second-order valence-electron chi connectivity index (χ2n) is 8.34. The molecule has 1 aliphatic rings. The maximum atomic E-state index is 4.77. The number of guanidine groups is 1. The third-order valence-corrected chi connectivity index (χ3v) is 5.44. The van der Waals surface area contributed by atoms with Crippen LogP contribution in [0.1, 0.15) is 41.0 Å². The van der Waals surface area contributed by atoms with E-state index in [9.17, 15) is 0 Å². The van der Waals surface area contributed by atoms with Crippen LogP contribution in [-0.4, -0.2) is 96.7 Å². The Kier molecular flexibility index (Phi) is 14.0. The highest BCUT2D eigenvalue weighted by molar-refractivity contribution is 14.0. The fourth-order valence-electron chi connectivity index (χ4n) is 3.87. The zero-order valence-corrected chi connectivity index (χ0v) is 22.4. The molecule has 1 fully saturated rings. The molecule has 1 aromatic heterocycles. The Morgan fingerprint density at radius 2 is 1.71 bits per heavy atom. The molecule has 0 amide bonds. The van der Waals surface area contributed by atoms with Gasteiger partial charge in [-0.1, -0.05) is 0 Å². The van der Waals surface area contributed by atoms with E-state index in [1.54, 1.807) is 0 Å². The number of aromatic nitrogens is 2. The smallest absolute Gasteiger partial charge is 0.225 e. The van der Waals surface area contributed by atoms with Crippen LogP contribution in [0.5, 0.6) is 0 Å². The standard InChI is InChI=1S/C22H42N8.HI/c1-6-23-21(25-12-14-30(19(2)3)20(4)5)24-11-8-13-28-15-17-29(18-16-28)22-26-9-7-10-27-22;/h7,9-10,19-20H,6,8,11-18H2,1-5H3,(H2,23,24,25);1H. The molecule has 1 aromatic rings. The molecule has 0 bridgehead atoms. The van der Waals surface area contributed by atoms with Gasteiger partial charge < -0.3 is 15.5 Å². The number of hydrogen-bond acceptors (Lipinski definition) is 6. The average Bonchev–Trinajstić information content (AvgIpc) is 2.74. The molecule has 8 nitrogen and oxygen atoms in total. The quantitative estimate of drug-likeness (QED) is 0.191. The summed E-state index contributed by atoms with van der Waals surface area (Å²) in [5.74, 6) is 1.77. The Morgan fingerprint density at radius 3 is 2.29 bits per heavy atom. The van der Waals surface area contributed by atoms with Crippen LogP contribution in [0.2, 0.25) is 0 Å². The first-order valence-electron chi connectivity index (χ1n) is 11.5. The number of piperazine rings is 1. The summed E-state index contributed by atoms with van der Waals surface area (Å²) in [6, 6.07) is 2.97. The van der Waals surface area contributed by atoms with E-state index in [4.69, 9.17) is 4.99 Å². The summed E-state index contributed by atoms with van der Waals surface area (Å²) >= 11 is 0. The summed E-state index contributed by atoms with van der Waals surface area (Å²) in [4.78, 5) is 20.7. The number of nitrogens with one attached hydrogen (secondary N) is 2. The summed E-state index contributed by atoms with van der Waals surface area (Å²) in [5, 5.41) is 6.85. The van der Waals surface area contributed by atoms with Crippen LogP contribution in [0, 0.1) is 0 Å². The Morgan fingerprint density at radius 1 is 1.06 bits per heavy atom. The van der Waals surface area contributed by atoms with Gasteiger partial charge in [0.1, 0.15) is 0 Å². The lowest BCUT2D eigenvalue weighted by molar-refractivity contribution is 0.178. The first-order valence-corrected chi connectivity index (χ1v) is 11.5. The second kappa shape index (κ2) is 15.6. The van der Waals surface area contributed by atoms with Crippen molar-refractivity contribution in [2.75, 3.05) is 63.8 Å². The first kappa shape index (κ1) is 27.8. The molecule has 0 radical (unpaired) electrons. The molecular weight excluding hydrogens is 503 g/mol. The van der Waals surface area contributed by atoms with E-state index < -0.39 is 0 Å². The molecule has 0 unspecified atom stereocenters. The van der Waals surface area contributed by atoms with Gasteiger partial charge in [-0.25, -0.2) is 9.97 Å². The number of rotatable bonds is 11. The highest BCUT2D eigenvalue weighted by Crippen LogP contribution is 2.09. The van der Waals surface area contributed by atoms with E-state index in [1.165, 1.54) is 0 Å². The minimum atomic E-state index is 0. The molecule has 2 heterocycles. The highest BCUT2D eigenvalue weighted by Gasteiger charge is 2.18. The fraction of sp³-hybridized carbons (Fsp3) is 0.773. The monoisotopic (exact) mass is 546 g/mol.